The lowest BCUT2D eigenvalue weighted by Crippen LogP contribution is -2.24. The topological polar surface area (TPSA) is 59.2 Å². The van der Waals surface area contributed by atoms with Gasteiger partial charge < -0.3 is 15.0 Å². The Bertz CT molecular complexity index is 1330. The number of nitrogens with zero attached hydrogens (tertiary/aromatic N) is 2. The number of hydrogen-bond acceptors (Lipinski definition) is 3. The Morgan fingerprint density at radius 3 is 2.73 bits per heavy atom. The molecule has 5 heteroatoms. The van der Waals surface area contributed by atoms with Crippen LogP contribution in [0.4, 0.5) is 0 Å². The summed E-state index contributed by atoms with van der Waals surface area (Å²) in [6.07, 6.45) is 2.89. The lowest BCUT2D eigenvalue weighted by Gasteiger charge is -2.14. The molecule has 152 valence electrons. The number of fused-ring (bicyclic) bond motifs is 3. The molecule has 0 saturated heterocycles. The Morgan fingerprint density at radius 1 is 1.10 bits per heavy atom. The molecule has 4 aromatic rings. The zero-order chi connectivity index (χ0) is 20.8. The van der Waals surface area contributed by atoms with E-state index in [1.54, 1.807) is 10.6 Å². The molecule has 2 aromatic carbocycles. The van der Waals surface area contributed by atoms with E-state index >= 15 is 0 Å². The Kier molecular flexibility index (Phi) is 4.57. The summed E-state index contributed by atoms with van der Waals surface area (Å²) in [6, 6.07) is 15.8. The highest BCUT2D eigenvalue weighted by Crippen LogP contribution is 2.29. The molecule has 1 aliphatic rings. The Morgan fingerprint density at radius 2 is 1.97 bits per heavy atom. The number of rotatable bonds is 3. The molecule has 0 aliphatic carbocycles. The molecule has 0 radical (unpaired) electrons. The molecule has 0 unspecified atom stereocenters. The standard InChI is InChI=1S/C25H25N3O2/c1-16-11-17(15-29)3-5-20(16)18-8-10-28(25(30)12-18)19-4-6-21-22-7-9-26-14-24(22)27(2)23(21)13-19/h3-6,8,10-13,26,29H,7,9,14-15H2,1-2H3. The zero-order valence-corrected chi connectivity index (χ0v) is 17.3. The Balaban J connectivity index is 1.57. The van der Waals surface area contributed by atoms with Gasteiger partial charge >= 0.3 is 0 Å². The van der Waals surface area contributed by atoms with E-state index in [0.717, 1.165) is 53.0 Å². The van der Waals surface area contributed by atoms with Crippen LogP contribution in [0.5, 0.6) is 0 Å². The summed E-state index contributed by atoms with van der Waals surface area (Å²) in [5.41, 5.74) is 8.54. The molecule has 5 rings (SSSR count). The van der Waals surface area contributed by atoms with Crippen LogP contribution in [-0.2, 0) is 26.6 Å². The molecule has 3 heterocycles. The number of aliphatic hydroxyl groups is 1. The summed E-state index contributed by atoms with van der Waals surface area (Å²) < 4.78 is 3.94. The van der Waals surface area contributed by atoms with Crippen molar-refractivity contribution in [3.63, 3.8) is 0 Å². The van der Waals surface area contributed by atoms with Crippen molar-refractivity contribution in [2.75, 3.05) is 6.54 Å². The molecule has 0 bridgehead atoms. The molecule has 0 atom stereocenters. The first-order valence-corrected chi connectivity index (χ1v) is 10.3. The second kappa shape index (κ2) is 7.27. The summed E-state index contributed by atoms with van der Waals surface area (Å²) in [5.74, 6) is 0. The van der Waals surface area contributed by atoms with Gasteiger partial charge in [-0.05, 0) is 65.9 Å². The first kappa shape index (κ1) is 18.9. The molecule has 0 saturated carbocycles. The number of aryl methyl sites for hydroxylation is 2. The van der Waals surface area contributed by atoms with Crippen LogP contribution in [-0.4, -0.2) is 20.8 Å². The lowest BCUT2D eigenvalue weighted by atomic mass is 9.99. The van der Waals surface area contributed by atoms with Gasteiger partial charge in [0.15, 0.2) is 0 Å². The summed E-state index contributed by atoms with van der Waals surface area (Å²) in [5, 5.41) is 14.0. The van der Waals surface area contributed by atoms with Gasteiger partial charge in [0, 0.05) is 36.9 Å². The van der Waals surface area contributed by atoms with E-state index < -0.39 is 0 Å². The number of hydrogen-bond donors (Lipinski definition) is 2. The molecule has 0 fully saturated rings. The number of nitrogens with one attached hydrogen (secondary N) is 1. The van der Waals surface area contributed by atoms with Crippen LogP contribution in [0, 0.1) is 6.92 Å². The number of aromatic nitrogens is 2. The van der Waals surface area contributed by atoms with Crippen molar-refractivity contribution >= 4 is 10.9 Å². The summed E-state index contributed by atoms with van der Waals surface area (Å²) in [4.78, 5) is 13.0. The molecule has 0 amide bonds. The molecular formula is C25H25N3O2. The van der Waals surface area contributed by atoms with Crippen LogP contribution >= 0.6 is 0 Å². The van der Waals surface area contributed by atoms with E-state index in [1.807, 2.05) is 43.5 Å². The minimum absolute atomic E-state index is 0.0177. The second-order valence-corrected chi connectivity index (χ2v) is 8.04. The van der Waals surface area contributed by atoms with E-state index in [4.69, 9.17) is 0 Å². The van der Waals surface area contributed by atoms with Crippen molar-refractivity contribution < 1.29 is 5.11 Å². The van der Waals surface area contributed by atoms with Crippen LogP contribution in [0.1, 0.15) is 22.4 Å². The van der Waals surface area contributed by atoms with Gasteiger partial charge in [-0.1, -0.05) is 24.3 Å². The smallest absolute Gasteiger partial charge is 0.255 e. The lowest BCUT2D eigenvalue weighted by molar-refractivity contribution is 0.282. The number of pyridine rings is 1. The van der Waals surface area contributed by atoms with Gasteiger partial charge in [0.2, 0.25) is 0 Å². The van der Waals surface area contributed by atoms with E-state index in [9.17, 15) is 9.90 Å². The van der Waals surface area contributed by atoms with Gasteiger partial charge in [0.1, 0.15) is 0 Å². The Hall–Kier alpha value is -3.15. The maximum absolute atomic E-state index is 13.0. The SMILES string of the molecule is Cc1cc(CO)ccc1-c1ccn(-c2ccc3c4c(n(C)c3c2)CNCC4)c(=O)c1. The normalized spacial score (nSPS) is 13.6. The van der Waals surface area contributed by atoms with Crippen molar-refractivity contribution in [1.82, 2.24) is 14.5 Å². The minimum Gasteiger partial charge on any atom is -0.392 e. The predicted octanol–water partition coefficient (Wildman–Crippen LogP) is 3.44. The van der Waals surface area contributed by atoms with E-state index in [-0.39, 0.29) is 12.2 Å². The quantitative estimate of drug-likeness (QED) is 0.555. The molecule has 30 heavy (non-hydrogen) atoms. The number of aliphatic hydroxyl groups excluding tert-OH is 1. The van der Waals surface area contributed by atoms with Crippen LogP contribution in [0.15, 0.2) is 59.5 Å². The highest BCUT2D eigenvalue weighted by molar-refractivity contribution is 5.87. The first-order chi connectivity index (χ1) is 14.6. The van der Waals surface area contributed by atoms with Gasteiger partial charge in [0.25, 0.3) is 5.56 Å². The average molecular weight is 399 g/mol. The van der Waals surface area contributed by atoms with Gasteiger partial charge in [-0.2, -0.15) is 0 Å². The van der Waals surface area contributed by atoms with Gasteiger partial charge in [-0.3, -0.25) is 9.36 Å². The fourth-order valence-corrected chi connectivity index (χ4v) is 4.64. The third-order valence-corrected chi connectivity index (χ3v) is 6.25. The molecule has 0 spiro atoms. The fourth-order valence-electron chi connectivity index (χ4n) is 4.64. The predicted molar refractivity (Wildman–Crippen MR) is 120 cm³/mol. The van der Waals surface area contributed by atoms with Gasteiger partial charge in [-0.25, -0.2) is 0 Å². The van der Waals surface area contributed by atoms with Crippen LogP contribution < -0.4 is 10.9 Å². The summed E-state index contributed by atoms with van der Waals surface area (Å²) >= 11 is 0. The summed E-state index contributed by atoms with van der Waals surface area (Å²) in [7, 11) is 2.10. The minimum atomic E-state index is -0.0573. The second-order valence-electron chi connectivity index (χ2n) is 8.04. The maximum Gasteiger partial charge on any atom is 0.255 e. The number of benzene rings is 2. The van der Waals surface area contributed by atoms with Crippen LogP contribution in [0.3, 0.4) is 0 Å². The van der Waals surface area contributed by atoms with Crippen molar-refractivity contribution in [2.24, 2.45) is 7.05 Å². The summed E-state index contributed by atoms with van der Waals surface area (Å²) in [6.45, 7) is 3.91. The van der Waals surface area contributed by atoms with Gasteiger partial charge in [0.05, 0.1) is 17.8 Å². The van der Waals surface area contributed by atoms with Gasteiger partial charge in [-0.15, -0.1) is 0 Å². The monoisotopic (exact) mass is 399 g/mol. The van der Waals surface area contributed by atoms with Crippen molar-refractivity contribution in [1.29, 1.82) is 0 Å². The van der Waals surface area contributed by atoms with E-state index in [1.165, 1.54) is 16.6 Å². The molecule has 1 aliphatic heterocycles. The average Bonchev–Trinajstić information content (AvgIpc) is 3.05. The zero-order valence-electron chi connectivity index (χ0n) is 17.3. The van der Waals surface area contributed by atoms with E-state index in [2.05, 4.69) is 29.1 Å². The maximum atomic E-state index is 13.0. The largest absolute Gasteiger partial charge is 0.392 e. The molecule has 2 aromatic heterocycles. The van der Waals surface area contributed by atoms with Crippen molar-refractivity contribution in [3.05, 3.63) is 87.5 Å². The molecular weight excluding hydrogens is 374 g/mol. The van der Waals surface area contributed by atoms with Crippen molar-refractivity contribution in [2.45, 2.75) is 26.5 Å². The molecule has 5 nitrogen and oxygen atoms in total. The highest BCUT2D eigenvalue weighted by atomic mass is 16.3. The third kappa shape index (κ3) is 2.98. The highest BCUT2D eigenvalue weighted by Gasteiger charge is 2.18. The Labute approximate surface area is 175 Å². The van der Waals surface area contributed by atoms with Crippen molar-refractivity contribution in [3.8, 4) is 16.8 Å². The van der Waals surface area contributed by atoms with Crippen LogP contribution in [0.2, 0.25) is 0 Å². The fraction of sp³-hybridized carbons (Fsp3) is 0.240. The van der Waals surface area contributed by atoms with E-state index in [0.29, 0.717) is 0 Å². The molecule has 2 N–H and O–H groups in total. The van der Waals surface area contributed by atoms with Crippen LogP contribution in [0.25, 0.3) is 27.7 Å². The first-order valence-electron chi connectivity index (χ1n) is 10.3. The third-order valence-electron chi connectivity index (χ3n) is 6.25.